The number of carbonyl (C=O) groups is 1. The summed E-state index contributed by atoms with van der Waals surface area (Å²) in [7, 11) is 1.60. The van der Waals surface area contributed by atoms with Gasteiger partial charge in [-0.15, -0.1) is 7.05 Å². The number of nitrogens with zero attached hydrogens (tertiary/aromatic N) is 1. The Hall–Kier alpha value is 0.574. The van der Waals surface area contributed by atoms with Gasteiger partial charge in [0.05, 0.1) is 5.91 Å². The minimum atomic E-state index is 0. The van der Waals surface area contributed by atoms with Crippen molar-refractivity contribution in [3.05, 3.63) is 12.2 Å². The molecule has 3 heteroatoms. The molecule has 17 heavy (non-hydrogen) atoms. The van der Waals surface area contributed by atoms with Gasteiger partial charge in [-0.3, -0.25) is 0 Å². The Bertz CT molecular complexity index is 208. The first-order valence-electron chi connectivity index (χ1n) is 6.40. The Morgan fingerprint density at radius 3 is 2.18 bits per heavy atom. The normalized spacial score (nSPS) is 26.0. The Labute approximate surface area is 133 Å². The topological polar surface area (TPSA) is 31.2 Å². The summed E-state index contributed by atoms with van der Waals surface area (Å²) in [5, 5.41) is 3.76. The van der Waals surface area contributed by atoms with Crippen LogP contribution in [0.3, 0.4) is 0 Å². The van der Waals surface area contributed by atoms with E-state index in [2.05, 4.69) is 26.1 Å². The van der Waals surface area contributed by atoms with Crippen LogP contribution >= 0.6 is 0 Å². The summed E-state index contributed by atoms with van der Waals surface area (Å²) in [6, 6.07) is 0. The van der Waals surface area contributed by atoms with Gasteiger partial charge in [0.2, 0.25) is 0 Å². The third-order valence-electron chi connectivity index (χ3n) is 3.88. The van der Waals surface area contributed by atoms with Crippen LogP contribution in [0.1, 0.15) is 47.0 Å². The molecule has 0 spiro atoms. The average Bonchev–Trinajstić information content (AvgIpc) is 2.75. The van der Waals surface area contributed by atoms with Crippen molar-refractivity contribution in [1.82, 2.24) is 0 Å². The SMILES string of the molecule is C[N-]C(=O)C(C)C(C)[C@H]1CC[C@@H](C)C1.[CH2-]C.[Y]. The van der Waals surface area contributed by atoms with Crippen molar-refractivity contribution in [2.24, 2.45) is 23.7 Å². The van der Waals surface area contributed by atoms with Gasteiger partial charge >= 0.3 is 0 Å². The van der Waals surface area contributed by atoms with E-state index in [0.717, 1.165) is 11.8 Å². The molecule has 0 aromatic carbocycles. The number of amides is 1. The Morgan fingerprint density at radius 1 is 1.29 bits per heavy atom. The molecule has 0 bridgehead atoms. The molecule has 0 heterocycles. The van der Waals surface area contributed by atoms with Crippen molar-refractivity contribution in [3.63, 3.8) is 0 Å². The van der Waals surface area contributed by atoms with Gasteiger partial charge in [-0.25, -0.2) is 0 Å². The van der Waals surface area contributed by atoms with Gasteiger partial charge in [-0.05, 0) is 30.6 Å². The molecule has 1 aliphatic rings. The third-order valence-corrected chi connectivity index (χ3v) is 3.88. The van der Waals surface area contributed by atoms with Gasteiger partial charge < -0.3 is 17.0 Å². The molecular weight excluding hydrogens is 287 g/mol. The van der Waals surface area contributed by atoms with Crippen LogP contribution in [0, 0.1) is 30.6 Å². The first-order valence-corrected chi connectivity index (χ1v) is 6.40. The number of rotatable bonds is 3. The monoisotopic (exact) mass is 314 g/mol. The maximum atomic E-state index is 11.4. The fourth-order valence-corrected chi connectivity index (χ4v) is 2.57. The largest absolute Gasteiger partial charge is 0.656 e. The van der Waals surface area contributed by atoms with E-state index in [0.29, 0.717) is 5.92 Å². The molecule has 0 N–H and O–H groups in total. The van der Waals surface area contributed by atoms with E-state index in [1.165, 1.54) is 19.3 Å². The first-order chi connectivity index (χ1) is 7.56. The Morgan fingerprint density at radius 2 is 1.82 bits per heavy atom. The maximum absolute atomic E-state index is 11.4. The van der Waals surface area contributed by atoms with Crippen LogP contribution in [0.4, 0.5) is 0 Å². The Kier molecular flexibility index (Phi) is 12.3. The van der Waals surface area contributed by atoms with Crippen LogP contribution in [-0.2, 0) is 37.5 Å². The predicted octanol–water partition coefficient (Wildman–Crippen LogP) is 4.06. The van der Waals surface area contributed by atoms with Gasteiger partial charge in [0.15, 0.2) is 0 Å². The summed E-state index contributed by atoms with van der Waals surface area (Å²) >= 11 is 0. The summed E-state index contributed by atoms with van der Waals surface area (Å²) in [5.41, 5.74) is 0. The van der Waals surface area contributed by atoms with Crippen LogP contribution in [0.25, 0.3) is 5.32 Å². The van der Waals surface area contributed by atoms with Gasteiger partial charge in [-0.2, -0.15) is 6.92 Å². The van der Waals surface area contributed by atoms with Crippen LogP contribution in [0.5, 0.6) is 0 Å². The maximum Gasteiger partial charge on any atom is 0.0541 e. The van der Waals surface area contributed by atoms with E-state index in [4.69, 9.17) is 0 Å². The Balaban J connectivity index is 0. The molecule has 99 valence electrons. The molecule has 0 aliphatic heterocycles. The molecule has 2 unspecified atom stereocenters. The average molecular weight is 314 g/mol. The molecule has 1 rings (SSSR count). The predicted molar refractivity (Wildman–Crippen MR) is 70.2 cm³/mol. The van der Waals surface area contributed by atoms with Crippen molar-refractivity contribution in [1.29, 1.82) is 0 Å². The van der Waals surface area contributed by atoms with Crippen molar-refractivity contribution < 1.29 is 37.5 Å². The van der Waals surface area contributed by atoms with E-state index < -0.39 is 0 Å². The standard InChI is InChI=1S/C12H23NO.C2H5.Y/c1-8-5-6-11(7-8)9(2)10(3)12(14)13-4;1-2;/h8-11H,5-7H2,1-4H3,(H,13,14);1H2,2H3;/q;-1;/p-1/t8-,9?,10?,11+;;/m1../s1. The van der Waals surface area contributed by atoms with Crippen LogP contribution < -0.4 is 0 Å². The second kappa shape index (κ2) is 10.5. The van der Waals surface area contributed by atoms with Gasteiger partial charge in [0.25, 0.3) is 0 Å². The summed E-state index contributed by atoms with van der Waals surface area (Å²) in [5.74, 6) is 2.26. The second-order valence-electron chi connectivity index (χ2n) is 4.89. The van der Waals surface area contributed by atoms with E-state index in [9.17, 15) is 4.79 Å². The van der Waals surface area contributed by atoms with Crippen LogP contribution in [-0.4, -0.2) is 13.0 Å². The summed E-state index contributed by atoms with van der Waals surface area (Å²) in [6.07, 6.45) is 3.92. The molecule has 1 radical (unpaired) electrons. The molecule has 1 aliphatic carbocycles. The van der Waals surface area contributed by atoms with E-state index in [1.807, 2.05) is 6.92 Å². The minimum absolute atomic E-state index is 0. The van der Waals surface area contributed by atoms with Gasteiger partial charge in [-0.1, -0.05) is 27.2 Å². The first kappa shape index (κ1) is 19.9. The third kappa shape index (κ3) is 6.33. The summed E-state index contributed by atoms with van der Waals surface area (Å²) in [4.78, 5) is 11.4. The molecular formula is C14H27NOY-2. The van der Waals surface area contributed by atoms with Crippen molar-refractivity contribution in [2.75, 3.05) is 7.05 Å². The zero-order valence-electron chi connectivity index (χ0n) is 12.1. The molecule has 4 atom stereocenters. The van der Waals surface area contributed by atoms with E-state index in [-0.39, 0.29) is 44.5 Å². The van der Waals surface area contributed by atoms with Gasteiger partial charge in [0, 0.05) is 38.6 Å². The van der Waals surface area contributed by atoms with Crippen LogP contribution in [0.2, 0.25) is 0 Å². The van der Waals surface area contributed by atoms with Crippen molar-refractivity contribution in [3.8, 4) is 0 Å². The zero-order valence-corrected chi connectivity index (χ0v) is 14.9. The number of carbonyl (C=O) groups excluding carboxylic acids is 1. The fraction of sp³-hybridized carbons (Fsp3) is 0.857. The molecule has 1 saturated carbocycles. The quantitative estimate of drug-likeness (QED) is 0.723. The van der Waals surface area contributed by atoms with Crippen molar-refractivity contribution in [2.45, 2.75) is 47.0 Å². The molecule has 0 aromatic heterocycles. The summed E-state index contributed by atoms with van der Waals surface area (Å²) < 4.78 is 0. The van der Waals surface area contributed by atoms with Crippen LogP contribution in [0.15, 0.2) is 0 Å². The zero-order chi connectivity index (χ0) is 12.7. The molecule has 1 fully saturated rings. The number of hydrogen-bond acceptors (Lipinski definition) is 1. The fourth-order valence-electron chi connectivity index (χ4n) is 2.57. The smallest absolute Gasteiger partial charge is 0.0541 e. The molecule has 0 saturated heterocycles. The molecule has 1 amide bonds. The van der Waals surface area contributed by atoms with E-state index >= 15 is 0 Å². The second-order valence-corrected chi connectivity index (χ2v) is 4.89. The molecule has 0 aromatic rings. The van der Waals surface area contributed by atoms with Crippen molar-refractivity contribution >= 4 is 5.91 Å². The summed E-state index contributed by atoms with van der Waals surface area (Å²) in [6.45, 7) is 11.5. The van der Waals surface area contributed by atoms with Gasteiger partial charge in [0.1, 0.15) is 0 Å². The molecule has 2 nitrogen and oxygen atoms in total. The van der Waals surface area contributed by atoms with E-state index in [1.54, 1.807) is 14.0 Å². The number of hydrogen-bond donors (Lipinski definition) is 0. The minimum Gasteiger partial charge on any atom is -0.656 e.